The molecule has 1 aromatic carbocycles. The average Bonchev–Trinajstić information content (AvgIpc) is 3.12. The minimum Gasteiger partial charge on any atom is -0.394 e. The van der Waals surface area contributed by atoms with Crippen LogP contribution in [0.1, 0.15) is 59.2 Å². The number of fused-ring (bicyclic) bond motifs is 1. The molecule has 0 radical (unpaired) electrons. The quantitative estimate of drug-likeness (QED) is 0.503. The predicted octanol–water partition coefficient (Wildman–Crippen LogP) is 4.78. The van der Waals surface area contributed by atoms with Crippen LogP contribution >= 0.6 is 11.6 Å². The first-order valence-electron chi connectivity index (χ1n) is 10.4. The van der Waals surface area contributed by atoms with Gasteiger partial charge in [-0.15, -0.1) is 0 Å². The summed E-state index contributed by atoms with van der Waals surface area (Å²) in [6.07, 6.45) is 0. The van der Waals surface area contributed by atoms with Gasteiger partial charge in [0.25, 0.3) is 0 Å². The van der Waals surface area contributed by atoms with E-state index in [1.54, 1.807) is 0 Å². The maximum Gasteiger partial charge on any atom is 0.228 e. The molecule has 30 heavy (non-hydrogen) atoms. The maximum atomic E-state index is 9.86. The van der Waals surface area contributed by atoms with Crippen molar-refractivity contribution in [1.29, 1.82) is 0 Å². The fourth-order valence-electron chi connectivity index (χ4n) is 3.35. The monoisotopic (exact) mass is 430 g/mol. The number of rotatable bonds is 7. The summed E-state index contributed by atoms with van der Waals surface area (Å²) in [5.41, 5.74) is 4.20. The lowest BCUT2D eigenvalue weighted by Crippen LogP contribution is -2.32. The molecule has 0 spiro atoms. The third-order valence-electron chi connectivity index (χ3n) is 5.10. The number of nitrogens with zero attached hydrogens (tertiary/aromatic N) is 4. The molecule has 1 unspecified atom stereocenters. The van der Waals surface area contributed by atoms with E-state index in [-0.39, 0.29) is 30.5 Å². The van der Waals surface area contributed by atoms with Gasteiger partial charge >= 0.3 is 0 Å². The molecule has 0 aliphatic carbocycles. The van der Waals surface area contributed by atoms with Gasteiger partial charge in [-0.2, -0.15) is 10.1 Å². The lowest BCUT2D eigenvalue weighted by Gasteiger charge is -2.19. The number of aliphatic hydroxyl groups excluding tert-OH is 1. The lowest BCUT2D eigenvalue weighted by atomic mass is 10.1. The molecule has 0 saturated carbocycles. The molecule has 0 fully saturated rings. The predicted molar refractivity (Wildman–Crippen MR) is 122 cm³/mol. The molecule has 7 nitrogen and oxygen atoms in total. The van der Waals surface area contributed by atoms with Crippen molar-refractivity contribution in [3.05, 3.63) is 40.6 Å². The zero-order chi connectivity index (χ0) is 22.0. The number of aliphatic hydroxyl groups is 1. The Kier molecular flexibility index (Phi) is 6.83. The smallest absolute Gasteiger partial charge is 0.228 e. The molecular formula is C22H31ClN6O. The summed E-state index contributed by atoms with van der Waals surface area (Å²) in [7, 11) is 0. The molecule has 3 N–H and O–H groups in total. The number of anilines is 2. The summed E-state index contributed by atoms with van der Waals surface area (Å²) in [5, 5.41) is 21.7. The number of hydrogen-bond acceptors (Lipinski definition) is 5. The van der Waals surface area contributed by atoms with Gasteiger partial charge in [-0.1, -0.05) is 39.3 Å². The van der Waals surface area contributed by atoms with Crippen molar-refractivity contribution in [3.63, 3.8) is 0 Å². The highest BCUT2D eigenvalue weighted by molar-refractivity contribution is 6.30. The first kappa shape index (κ1) is 22.3. The number of halogens is 1. The van der Waals surface area contributed by atoms with Crippen molar-refractivity contribution in [2.75, 3.05) is 11.9 Å². The molecular weight excluding hydrogens is 400 g/mol. The Morgan fingerprint density at radius 1 is 1.13 bits per heavy atom. The number of nitrogens with one attached hydrogen (secondary N) is 2. The van der Waals surface area contributed by atoms with Gasteiger partial charge in [0.15, 0.2) is 11.3 Å². The van der Waals surface area contributed by atoms with E-state index >= 15 is 0 Å². The highest BCUT2D eigenvalue weighted by Gasteiger charge is 2.21. The van der Waals surface area contributed by atoms with Crippen LogP contribution in [0.5, 0.6) is 0 Å². The third-order valence-corrected chi connectivity index (χ3v) is 5.35. The molecule has 2 aromatic heterocycles. The molecule has 3 aromatic rings. The van der Waals surface area contributed by atoms with E-state index in [9.17, 15) is 5.11 Å². The normalized spacial score (nSPS) is 13.8. The second-order valence-corrected chi connectivity index (χ2v) is 8.90. The van der Waals surface area contributed by atoms with E-state index in [1.807, 2.05) is 38.1 Å². The van der Waals surface area contributed by atoms with Gasteiger partial charge in [0, 0.05) is 16.8 Å². The largest absolute Gasteiger partial charge is 0.394 e. The number of H-pyrrole nitrogens is 1. The Labute approximate surface area is 182 Å². The molecule has 0 aliphatic rings. The van der Waals surface area contributed by atoms with Gasteiger partial charge < -0.3 is 15.0 Å². The zero-order valence-electron chi connectivity index (χ0n) is 18.4. The number of hydrogen-bond donors (Lipinski definition) is 3. The summed E-state index contributed by atoms with van der Waals surface area (Å²) >= 11 is 6.03. The van der Waals surface area contributed by atoms with Crippen LogP contribution in [-0.4, -0.2) is 37.5 Å². The third kappa shape index (κ3) is 4.52. The van der Waals surface area contributed by atoms with E-state index in [4.69, 9.17) is 21.6 Å². The minimum atomic E-state index is -0.238. The number of aromatic nitrogens is 4. The van der Waals surface area contributed by atoms with Crippen LogP contribution in [-0.2, 0) is 0 Å². The van der Waals surface area contributed by atoms with Crippen molar-refractivity contribution in [2.45, 2.75) is 59.5 Å². The van der Waals surface area contributed by atoms with Crippen LogP contribution < -0.4 is 10.9 Å². The Morgan fingerprint density at radius 2 is 1.80 bits per heavy atom. The molecule has 8 heteroatoms. The Balaban J connectivity index is 2.32. The van der Waals surface area contributed by atoms with Crippen LogP contribution in [0.3, 0.4) is 0 Å². The van der Waals surface area contributed by atoms with Crippen LogP contribution in [0.25, 0.3) is 11.0 Å². The second-order valence-electron chi connectivity index (χ2n) is 8.47. The molecule has 0 amide bonds. The van der Waals surface area contributed by atoms with Gasteiger partial charge in [0.2, 0.25) is 5.62 Å². The van der Waals surface area contributed by atoms with Crippen LogP contribution in [0.15, 0.2) is 29.3 Å². The Bertz CT molecular complexity index is 1070. The SMILES string of the molecule is CC(C)c1[nH]nc2c(Nc3ccc(Cl)cc3)nc(=NC(CO)C(C)C)n(C(C)C)c12. The Morgan fingerprint density at radius 3 is 2.33 bits per heavy atom. The molecule has 0 aliphatic heterocycles. The molecule has 0 saturated heterocycles. The summed E-state index contributed by atoms with van der Waals surface area (Å²) in [6.45, 7) is 12.5. The van der Waals surface area contributed by atoms with Crippen molar-refractivity contribution >= 4 is 34.1 Å². The maximum absolute atomic E-state index is 9.86. The lowest BCUT2D eigenvalue weighted by molar-refractivity contribution is 0.235. The van der Waals surface area contributed by atoms with Gasteiger partial charge in [0.05, 0.1) is 23.9 Å². The minimum absolute atomic E-state index is 0.0299. The number of aromatic amines is 1. The highest BCUT2D eigenvalue weighted by Crippen LogP contribution is 2.29. The summed E-state index contributed by atoms with van der Waals surface area (Å²) in [5.74, 6) is 1.05. The van der Waals surface area contributed by atoms with Crippen molar-refractivity contribution in [2.24, 2.45) is 10.9 Å². The summed E-state index contributed by atoms with van der Waals surface area (Å²) < 4.78 is 2.10. The molecule has 2 heterocycles. The molecule has 1 atom stereocenters. The molecule has 3 rings (SSSR count). The van der Waals surface area contributed by atoms with Gasteiger partial charge in [0.1, 0.15) is 0 Å². The fraction of sp³-hybridized carbons (Fsp3) is 0.500. The van der Waals surface area contributed by atoms with E-state index in [2.05, 4.69) is 47.8 Å². The summed E-state index contributed by atoms with van der Waals surface area (Å²) in [4.78, 5) is 9.68. The first-order valence-corrected chi connectivity index (χ1v) is 10.8. The van der Waals surface area contributed by atoms with E-state index in [0.29, 0.717) is 16.5 Å². The van der Waals surface area contributed by atoms with E-state index in [1.165, 1.54) is 0 Å². The second kappa shape index (κ2) is 9.18. The topological polar surface area (TPSA) is 91.1 Å². The first-order chi connectivity index (χ1) is 14.2. The standard InChI is InChI=1S/C22H31ClN6O/c1-12(2)17(11-30)25-22-26-21(24-16-9-7-15(23)8-10-16)19-20(29(22)14(5)6)18(13(3)4)27-28-19/h7-10,12-14,17,30H,11H2,1-6H3,(H,27,28)(H,24,25,26). The van der Waals surface area contributed by atoms with Crippen LogP contribution in [0.4, 0.5) is 11.5 Å². The van der Waals surface area contributed by atoms with Crippen LogP contribution in [0.2, 0.25) is 5.02 Å². The molecule has 0 bridgehead atoms. The van der Waals surface area contributed by atoms with Gasteiger partial charge in [-0.25, -0.2) is 4.99 Å². The molecule has 162 valence electrons. The van der Waals surface area contributed by atoms with Crippen LogP contribution in [0, 0.1) is 5.92 Å². The van der Waals surface area contributed by atoms with Gasteiger partial charge in [-0.05, 0) is 49.9 Å². The highest BCUT2D eigenvalue weighted by atomic mass is 35.5. The van der Waals surface area contributed by atoms with E-state index in [0.717, 1.165) is 22.4 Å². The Hall–Kier alpha value is -2.38. The van der Waals surface area contributed by atoms with Crippen molar-refractivity contribution < 1.29 is 5.11 Å². The summed E-state index contributed by atoms with van der Waals surface area (Å²) in [6, 6.07) is 7.33. The van der Waals surface area contributed by atoms with Crippen molar-refractivity contribution in [3.8, 4) is 0 Å². The average molecular weight is 431 g/mol. The van der Waals surface area contributed by atoms with Crippen molar-refractivity contribution in [1.82, 2.24) is 19.7 Å². The fourth-order valence-corrected chi connectivity index (χ4v) is 3.48. The number of benzene rings is 1. The van der Waals surface area contributed by atoms with E-state index < -0.39 is 0 Å². The van der Waals surface area contributed by atoms with Gasteiger partial charge in [-0.3, -0.25) is 5.10 Å². The zero-order valence-corrected chi connectivity index (χ0v) is 19.2.